The van der Waals surface area contributed by atoms with Gasteiger partial charge in [-0.1, -0.05) is 30.3 Å². The molecule has 0 bridgehead atoms. The molecule has 6 nitrogen and oxygen atoms in total. The van der Waals surface area contributed by atoms with Gasteiger partial charge in [-0.3, -0.25) is 5.32 Å². The van der Waals surface area contributed by atoms with Gasteiger partial charge in [0.25, 0.3) is 0 Å². The number of benzene rings is 1. The lowest BCUT2D eigenvalue weighted by molar-refractivity contribution is 0.136. The molecular weight excluding hydrogens is 316 g/mol. The Hall–Kier alpha value is -2.34. The topological polar surface area (TPSA) is 70.4 Å². The zero-order valence-corrected chi connectivity index (χ0v) is 14.9. The number of hydrogen-bond acceptors (Lipinski definition) is 3. The standard InChI is InChI=1S/C19H26N4O2/c1-14(2)23-18(11-17(21-23)16-8-4-3-5-9-16)20-19(25)22-10-6-7-15(12-22)13-24/h3-5,8-9,11,14-15,24H,6-7,10,12-13H2,1-2H3,(H,20,25). The maximum atomic E-state index is 12.6. The third-order valence-corrected chi connectivity index (χ3v) is 4.59. The van der Waals surface area contributed by atoms with Crippen LogP contribution in [0.2, 0.25) is 0 Å². The molecule has 25 heavy (non-hydrogen) atoms. The van der Waals surface area contributed by atoms with Crippen LogP contribution in [0.3, 0.4) is 0 Å². The molecule has 2 N–H and O–H groups in total. The number of likely N-dealkylation sites (tertiary alicyclic amines) is 1. The Kier molecular flexibility index (Phi) is 5.38. The summed E-state index contributed by atoms with van der Waals surface area (Å²) in [6.45, 7) is 5.54. The van der Waals surface area contributed by atoms with Crippen molar-refractivity contribution in [1.29, 1.82) is 0 Å². The number of nitrogens with one attached hydrogen (secondary N) is 1. The van der Waals surface area contributed by atoms with Crippen molar-refractivity contribution in [2.45, 2.75) is 32.7 Å². The van der Waals surface area contributed by atoms with Crippen molar-refractivity contribution in [3.63, 3.8) is 0 Å². The number of anilines is 1. The molecule has 2 aromatic rings. The molecule has 0 saturated carbocycles. The molecule has 2 heterocycles. The monoisotopic (exact) mass is 342 g/mol. The van der Waals surface area contributed by atoms with E-state index in [0.717, 1.165) is 30.6 Å². The van der Waals surface area contributed by atoms with Gasteiger partial charge in [-0.05, 0) is 32.6 Å². The molecule has 1 atom stereocenters. The highest BCUT2D eigenvalue weighted by Crippen LogP contribution is 2.25. The predicted octanol–water partition coefficient (Wildman–Crippen LogP) is 3.37. The van der Waals surface area contributed by atoms with Crippen molar-refractivity contribution >= 4 is 11.8 Å². The second-order valence-corrected chi connectivity index (χ2v) is 6.89. The van der Waals surface area contributed by atoms with Gasteiger partial charge in [0.05, 0.1) is 5.69 Å². The molecule has 0 radical (unpaired) electrons. The largest absolute Gasteiger partial charge is 0.396 e. The van der Waals surface area contributed by atoms with Gasteiger partial charge in [-0.2, -0.15) is 5.10 Å². The van der Waals surface area contributed by atoms with Crippen LogP contribution in [0.15, 0.2) is 36.4 Å². The van der Waals surface area contributed by atoms with E-state index in [1.807, 2.05) is 54.9 Å². The Morgan fingerprint density at radius 2 is 2.12 bits per heavy atom. The van der Waals surface area contributed by atoms with Gasteiger partial charge >= 0.3 is 6.03 Å². The Morgan fingerprint density at radius 3 is 2.80 bits per heavy atom. The summed E-state index contributed by atoms with van der Waals surface area (Å²) in [6.07, 6.45) is 1.90. The van der Waals surface area contributed by atoms with Gasteiger partial charge in [0.1, 0.15) is 5.82 Å². The van der Waals surface area contributed by atoms with Crippen LogP contribution in [-0.2, 0) is 0 Å². The highest BCUT2D eigenvalue weighted by Gasteiger charge is 2.24. The maximum Gasteiger partial charge on any atom is 0.323 e. The molecule has 6 heteroatoms. The molecule has 0 spiro atoms. The van der Waals surface area contributed by atoms with Crippen LogP contribution in [0.1, 0.15) is 32.7 Å². The molecule has 3 rings (SSSR count). The first kappa shape index (κ1) is 17.5. The smallest absolute Gasteiger partial charge is 0.323 e. The van der Waals surface area contributed by atoms with E-state index in [-0.39, 0.29) is 24.6 Å². The molecule has 1 aliphatic heterocycles. The van der Waals surface area contributed by atoms with Crippen molar-refractivity contribution in [2.75, 3.05) is 25.0 Å². The number of aliphatic hydroxyl groups excluding tert-OH is 1. The fourth-order valence-corrected chi connectivity index (χ4v) is 3.22. The van der Waals surface area contributed by atoms with Crippen molar-refractivity contribution in [3.8, 4) is 11.3 Å². The molecule has 134 valence electrons. The highest BCUT2D eigenvalue weighted by molar-refractivity contribution is 5.89. The van der Waals surface area contributed by atoms with E-state index in [4.69, 9.17) is 0 Å². The fraction of sp³-hybridized carbons (Fsp3) is 0.474. The summed E-state index contributed by atoms with van der Waals surface area (Å²) in [5.41, 5.74) is 1.87. The molecule has 0 aliphatic carbocycles. The quantitative estimate of drug-likeness (QED) is 0.895. The minimum Gasteiger partial charge on any atom is -0.396 e. The van der Waals surface area contributed by atoms with Gasteiger partial charge in [-0.15, -0.1) is 0 Å². The number of aromatic nitrogens is 2. The second kappa shape index (κ2) is 7.70. The lowest BCUT2D eigenvalue weighted by Crippen LogP contribution is -2.43. The van der Waals surface area contributed by atoms with Gasteiger partial charge in [0, 0.05) is 37.4 Å². The zero-order valence-electron chi connectivity index (χ0n) is 14.9. The average Bonchev–Trinajstić information content (AvgIpc) is 3.06. The summed E-state index contributed by atoms with van der Waals surface area (Å²) in [5.74, 6) is 0.874. The summed E-state index contributed by atoms with van der Waals surface area (Å²) < 4.78 is 1.84. The zero-order chi connectivity index (χ0) is 17.8. The lowest BCUT2D eigenvalue weighted by atomic mass is 9.99. The van der Waals surface area contributed by atoms with Gasteiger partial charge in [0.15, 0.2) is 0 Å². The van der Waals surface area contributed by atoms with Crippen LogP contribution in [0, 0.1) is 5.92 Å². The predicted molar refractivity (Wildman–Crippen MR) is 98.4 cm³/mol. The number of carbonyl (C=O) groups excluding carboxylic acids is 1. The summed E-state index contributed by atoms with van der Waals surface area (Å²) >= 11 is 0. The number of nitrogens with zero attached hydrogens (tertiary/aromatic N) is 3. The van der Waals surface area contributed by atoms with E-state index in [1.165, 1.54) is 0 Å². The molecular formula is C19H26N4O2. The summed E-state index contributed by atoms with van der Waals surface area (Å²) in [7, 11) is 0. The third-order valence-electron chi connectivity index (χ3n) is 4.59. The SMILES string of the molecule is CC(C)n1nc(-c2ccccc2)cc1NC(=O)N1CCCC(CO)C1. The Balaban J connectivity index is 1.79. The minimum atomic E-state index is -0.125. The van der Waals surface area contributed by atoms with Gasteiger partial charge < -0.3 is 10.0 Å². The van der Waals surface area contributed by atoms with Gasteiger partial charge in [-0.25, -0.2) is 9.48 Å². The first-order valence-electron chi connectivity index (χ1n) is 8.90. The average molecular weight is 342 g/mol. The van der Waals surface area contributed by atoms with Crippen LogP contribution in [-0.4, -0.2) is 45.5 Å². The van der Waals surface area contributed by atoms with Crippen molar-refractivity contribution in [3.05, 3.63) is 36.4 Å². The first-order chi connectivity index (χ1) is 12.1. The molecule has 1 aromatic carbocycles. The van der Waals surface area contributed by atoms with Crippen LogP contribution in [0.4, 0.5) is 10.6 Å². The van der Waals surface area contributed by atoms with E-state index in [9.17, 15) is 9.90 Å². The number of aliphatic hydroxyl groups is 1. The number of carbonyl (C=O) groups is 1. The van der Waals surface area contributed by atoms with E-state index >= 15 is 0 Å². The molecule has 1 saturated heterocycles. The summed E-state index contributed by atoms with van der Waals surface area (Å²) in [4.78, 5) is 14.4. The second-order valence-electron chi connectivity index (χ2n) is 6.89. The Morgan fingerprint density at radius 1 is 1.36 bits per heavy atom. The van der Waals surface area contributed by atoms with Crippen molar-refractivity contribution in [2.24, 2.45) is 5.92 Å². The fourth-order valence-electron chi connectivity index (χ4n) is 3.22. The van der Waals surface area contributed by atoms with E-state index in [2.05, 4.69) is 10.4 Å². The molecule has 1 unspecified atom stereocenters. The van der Waals surface area contributed by atoms with Crippen LogP contribution in [0.25, 0.3) is 11.3 Å². The number of urea groups is 1. The number of piperidine rings is 1. The maximum absolute atomic E-state index is 12.6. The van der Waals surface area contributed by atoms with Crippen molar-refractivity contribution < 1.29 is 9.90 Å². The summed E-state index contributed by atoms with van der Waals surface area (Å²) in [5, 5.41) is 17.0. The molecule has 1 fully saturated rings. The first-order valence-corrected chi connectivity index (χ1v) is 8.90. The van der Waals surface area contributed by atoms with Crippen molar-refractivity contribution in [1.82, 2.24) is 14.7 Å². The normalized spacial score (nSPS) is 17.8. The molecule has 2 amide bonds. The van der Waals surface area contributed by atoms with E-state index in [0.29, 0.717) is 12.4 Å². The third kappa shape index (κ3) is 4.02. The Bertz CT molecular complexity index is 711. The highest BCUT2D eigenvalue weighted by atomic mass is 16.3. The minimum absolute atomic E-state index is 0.125. The van der Waals surface area contributed by atoms with Gasteiger partial charge in [0.2, 0.25) is 0 Å². The lowest BCUT2D eigenvalue weighted by Gasteiger charge is -2.31. The Labute approximate surface area is 148 Å². The van der Waals surface area contributed by atoms with E-state index < -0.39 is 0 Å². The molecule has 1 aliphatic rings. The number of hydrogen-bond donors (Lipinski definition) is 2. The van der Waals surface area contributed by atoms with Crippen LogP contribution in [0.5, 0.6) is 0 Å². The number of amides is 2. The molecule has 1 aromatic heterocycles. The summed E-state index contributed by atoms with van der Waals surface area (Å²) in [6, 6.07) is 11.9. The van der Waals surface area contributed by atoms with Crippen LogP contribution < -0.4 is 5.32 Å². The number of rotatable bonds is 4. The van der Waals surface area contributed by atoms with E-state index in [1.54, 1.807) is 4.90 Å². The van der Waals surface area contributed by atoms with Crippen LogP contribution >= 0.6 is 0 Å².